The van der Waals surface area contributed by atoms with Crippen LogP contribution in [0.4, 0.5) is 5.69 Å². The van der Waals surface area contributed by atoms with E-state index in [1.165, 1.54) is 13.2 Å². The van der Waals surface area contributed by atoms with Gasteiger partial charge >= 0.3 is 5.97 Å². The van der Waals surface area contributed by atoms with Crippen LogP contribution >= 0.6 is 0 Å². The molecule has 0 saturated carbocycles. The number of anilines is 1. The number of carboxylic acid groups (broad SMARTS) is 1. The second-order valence-corrected chi connectivity index (χ2v) is 7.72. The minimum Gasteiger partial charge on any atom is -0.497 e. The number of benzene rings is 3. The number of fused-ring (bicyclic) bond motifs is 1. The highest BCUT2D eigenvalue weighted by atomic mass is 32.2. The zero-order valence-electron chi connectivity index (χ0n) is 15.6. The fourth-order valence-electron chi connectivity index (χ4n) is 2.88. The Balaban J connectivity index is 2.11. The third-order valence-electron chi connectivity index (χ3n) is 4.22. The van der Waals surface area contributed by atoms with Crippen LogP contribution in [0.3, 0.4) is 0 Å². The summed E-state index contributed by atoms with van der Waals surface area (Å²) in [7, 11) is -2.87. The Kier molecular flexibility index (Phi) is 5.90. The molecular formula is C20H20N2O6S. The van der Waals surface area contributed by atoms with E-state index in [0.717, 1.165) is 5.56 Å². The van der Waals surface area contributed by atoms with Crippen LogP contribution in [0.5, 0.6) is 11.5 Å². The highest BCUT2D eigenvalue weighted by molar-refractivity contribution is 7.90. The van der Waals surface area contributed by atoms with Gasteiger partial charge < -0.3 is 14.6 Å². The van der Waals surface area contributed by atoms with Crippen molar-refractivity contribution in [1.29, 1.82) is 0 Å². The first-order valence-electron chi connectivity index (χ1n) is 8.58. The Bertz CT molecular complexity index is 1130. The van der Waals surface area contributed by atoms with E-state index in [4.69, 9.17) is 14.6 Å². The largest absolute Gasteiger partial charge is 0.497 e. The molecule has 0 fully saturated rings. The first-order chi connectivity index (χ1) is 13.8. The number of carbonyl (C=O) groups is 1. The van der Waals surface area contributed by atoms with Gasteiger partial charge in [-0.1, -0.05) is 36.4 Å². The fourth-order valence-corrected chi connectivity index (χ4v) is 3.60. The molecule has 0 aliphatic rings. The molecule has 8 nitrogen and oxygen atoms in total. The lowest BCUT2D eigenvalue weighted by Crippen LogP contribution is -2.40. The monoisotopic (exact) mass is 416 g/mol. The number of hydrogen-bond donors (Lipinski definition) is 2. The van der Waals surface area contributed by atoms with Crippen LogP contribution in [0.15, 0.2) is 60.7 Å². The molecule has 0 spiro atoms. The van der Waals surface area contributed by atoms with Gasteiger partial charge in [-0.15, -0.1) is 0 Å². The standard InChI is InChI=1S/C20H20N2O6S/c1-27-16-8-7-15-9-17(28-13-14-5-3-2-4-6-14)11-19(18(15)10-16)22(12-20(23)24)29(21,25)26/h2-11H,12-13H2,1H3,(H,23,24)(H2,21,25,26). The Morgan fingerprint density at radius 1 is 1.07 bits per heavy atom. The molecule has 0 aromatic heterocycles. The third-order valence-corrected chi connectivity index (χ3v) is 5.16. The number of rotatable bonds is 8. The molecule has 9 heteroatoms. The first kappa shape index (κ1) is 20.4. The molecular weight excluding hydrogens is 396 g/mol. The fraction of sp³-hybridized carbons (Fsp3) is 0.150. The van der Waals surface area contributed by atoms with E-state index in [1.807, 2.05) is 30.3 Å². The second kappa shape index (κ2) is 8.38. The van der Waals surface area contributed by atoms with Gasteiger partial charge in [-0.05, 0) is 29.1 Å². The molecule has 0 aliphatic carbocycles. The van der Waals surface area contributed by atoms with Crippen molar-refractivity contribution in [2.45, 2.75) is 6.61 Å². The molecule has 0 saturated heterocycles. The van der Waals surface area contributed by atoms with Crippen LogP contribution in [0.1, 0.15) is 5.56 Å². The number of carboxylic acids is 1. The number of ether oxygens (including phenoxy) is 2. The molecule has 3 aromatic rings. The van der Waals surface area contributed by atoms with E-state index in [9.17, 15) is 18.3 Å². The average Bonchev–Trinajstić information content (AvgIpc) is 2.69. The maximum Gasteiger partial charge on any atom is 0.324 e. The van der Waals surface area contributed by atoms with Crippen molar-refractivity contribution in [2.75, 3.05) is 18.0 Å². The first-order valence-corrected chi connectivity index (χ1v) is 10.1. The van der Waals surface area contributed by atoms with Gasteiger partial charge in [0.25, 0.3) is 10.2 Å². The topological polar surface area (TPSA) is 119 Å². The molecule has 3 aromatic carbocycles. The smallest absolute Gasteiger partial charge is 0.324 e. The SMILES string of the molecule is COc1ccc2cc(OCc3ccccc3)cc(N(CC(=O)O)S(N)(=O)=O)c2c1. The maximum atomic E-state index is 12.1. The Hall–Kier alpha value is -3.30. The van der Waals surface area contributed by atoms with Crippen molar-refractivity contribution >= 4 is 32.6 Å². The summed E-state index contributed by atoms with van der Waals surface area (Å²) in [6.45, 7) is -0.566. The van der Waals surface area contributed by atoms with E-state index in [-0.39, 0.29) is 12.3 Å². The molecule has 0 aliphatic heterocycles. The zero-order valence-corrected chi connectivity index (χ0v) is 16.4. The third kappa shape index (κ3) is 4.95. The molecule has 29 heavy (non-hydrogen) atoms. The Morgan fingerprint density at radius 3 is 2.41 bits per heavy atom. The van der Waals surface area contributed by atoms with Gasteiger partial charge in [-0.25, -0.2) is 9.44 Å². The molecule has 3 rings (SSSR count). The molecule has 0 heterocycles. The van der Waals surface area contributed by atoms with E-state index in [2.05, 4.69) is 0 Å². The number of nitrogens with two attached hydrogens (primary N) is 1. The summed E-state index contributed by atoms with van der Waals surface area (Å²) in [5.74, 6) is -0.479. The number of aliphatic carboxylic acids is 1. The molecule has 152 valence electrons. The van der Waals surface area contributed by atoms with Crippen molar-refractivity contribution in [1.82, 2.24) is 0 Å². The van der Waals surface area contributed by atoms with Gasteiger partial charge in [-0.3, -0.25) is 4.79 Å². The van der Waals surface area contributed by atoms with Crippen LogP contribution in [0, 0.1) is 0 Å². The Morgan fingerprint density at radius 2 is 1.79 bits per heavy atom. The predicted octanol–water partition coefficient (Wildman–Crippen LogP) is 2.52. The predicted molar refractivity (Wildman–Crippen MR) is 109 cm³/mol. The van der Waals surface area contributed by atoms with E-state index >= 15 is 0 Å². The van der Waals surface area contributed by atoms with Crippen LogP contribution in [0.25, 0.3) is 10.8 Å². The summed E-state index contributed by atoms with van der Waals surface area (Å²) in [5.41, 5.74) is 1.02. The van der Waals surface area contributed by atoms with E-state index in [1.54, 1.807) is 24.3 Å². The molecule has 0 amide bonds. The van der Waals surface area contributed by atoms with E-state index < -0.39 is 22.7 Å². The van der Waals surface area contributed by atoms with Gasteiger partial charge in [0.05, 0.1) is 12.8 Å². The van der Waals surface area contributed by atoms with Gasteiger partial charge in [0.2, 0.25) is 0 Å². The summed E-state index contributed by atoms with van der Waals surface area (Å²) in [4.78, 5) is 11.3. The molecule has 3 N–H and O–H groups in total. The lowest BCUT2D eigenvalue weighted by atomic mass is 10.1. The van der Waals surface area contributed by atoms with Gasteiger partial charge in [-0.2, -0.15) is 8.42 Å². The highest BCUT2D eigenvalue weighted by Gasteiger charge is 2.24. The van der Waals surface area contributed by atoms with Crippen molar-refractivity contribution in [3.8, 4) is 11.5 Å². The number of hydrogen-bond acceptors (Lipinski definition) is 5. The summed E-state index contributed by atoms with van der Waals surface area (Å²) in [6, 6.07) is 17.7. The highest BCUT2D eigenvalue weighted by Crippen LogP contribution is 2.35. The van der Waals surface area contributed by atoms with Crippen molar-refractivity contribution < 1.29 is 27.8 Å². The van der Waals surface area contributed by atoms with Gasteiger partial charge in [0, 0.05) is 11.5 Å². The summed E-state index contributed by atoms with van der Waals surface area (Å²) in [5, 5.41) is 15.6. The quantitative estimate of drug-likeness (QED) is 0.582. The van der Waals surface area contributed by atoms with Crippen molar-refractivity contribution in [3.05, 3.63) is 66.2 Å². The second-order valence-electron chi connectivity index (χ2n) is 6.25. The normalized spacial score (nSPS) is 11.2. The minimum absolute atomic E-state index is 0.0920. The summed E-state index contributed by atoms with van der Waals surface area (Å²) in [6.07, 6.45) is 0. The van der Waals surface area contributed by atoms with Crippen molar-refractivity contribution in [2.24, 2.45) is 5.14 Å². The van der Waals surface area contributed by atoms with Crippen molar-refractivity contribution in [3.63, 3.8) is 0 Å². The average molecular weight is 416 g/mol. The van der Waals surface area contributed by atoms with Gasteiger partial charge in [0.1, 0.15) is 24.7 Å². The minimum atomic E-state index is -4.35. The molecule has 0 radical (unpaired) electrons. The van der Waals surface area contributed by atoms with Crippen LogP contribution in [0.2, 0.25) is 0 Å². The Labute approximate surface area is 168 Å². The zero-order chi connectivity index (χ0) is 21.0. The van der Waals surface area contributed by atoms with Crippen LogP contribution in [-0.4, -0.2) is 33.1 Å². The van der Waals surface area contributed by atoms with Crippen LogP contribution < -0.4 is 18.9 Å². The molecule has 0 unspecified atom stereocenters. The van der Waals surface area contributed by atoms with Gasteiger partial charge in [0.15, 0.2) is 0 Å². The number of nitrogens with zero attached hydrogens (tertiary/aromatic N) is 1. The van der Waals surface area contributed by atoms with Crippen LogP contribution in [-0.2, 0) is 21.6 Å². The summed E-state index contributed by atoms with van der Waals surface area (Å²) >= 11 is 0. The lowest BCUT2D eigenvalue weighted by molar-refractivity contribution is -0.135. The maximum absolute atomic E-state index is 12.1. The summed E-state index contributed by atoms with van der Waals surface area (Å²) < 4.78 is 35.9. The molecule has 0 atom stereocenters. The number of methoxy groups -OCH3 is 1. The molecule has 0 bridgehead atoms. The lowest BCUT2D eigenvalue weighted by Gasteiger charge is -2.23. The van der Waals surface area contributed by atoms with E-state index in [0.29, 0.717) is 26.6 Å².